The van der Waals surface area contributed by atoms with Crippen LogP contribution in [0.25, 0.3) is 0 Å². The van der Waals surface area contributed by atoms with Crippen molar-refractivity contribution < 1.29 is 0 Å². The maximum atomic E-state index is 5.51. The third kappa shape index (κ3) is 4.39. The lowest BCUT2D eigenvalue weighted by Crippen LogP contribution is -2.51. The van der Waals surface area contributed by atoms with Crippen LogP contribution in [0.2, 0.25) is 0 Å². The lowest BCUT2D eigenvalue weighted by atomic mass is 9.96. The highest BCUT2D eigenvalue weighted by molar-refractivity contribution is 5.80. The monoisotopic (exact) mass is 226 g/mol. The molecule has 1 rings (SSSR count). The maximum absolute atomic E-state index is 5.51. The van der Waals surface area contributed by atoms with E-state index < -0.39 is 0 Å². The van der Waals surface area contributed by atoms with Crippen LogP contribution in [0.1, 0.15) is 59.3 Å². The molecule has 94 valence electrons. The minimum atomic E-state index is 0.0415. The molecule has 4 nitrogen and oxygen atoms in total. The molecule has 0 amide bonds. The first-order valence-electron chi connectivity index (χ1n) is 6.40. The zero-order valence-electron chi connectivity index (χ0n) is 10.8. The van der Waals surface area contributed by atoms with Crippen LogP contribution in [0.3, 0.4) is 0 Å². The summed E-state index contributed by atoms with van der Waals surface area (Å²) in [4.78, 5) is 4.66. The highest BCUT2D eigenvalue weighted by Gasteiger charge is 2.18. The van der Waals surface area contributed by atoms with Gasteiger partial charge in [-0.05, 0) is 33.1 Å². The number of rotatable bonds is 3. The van der Waals surface area contributed by atoms with E-state index in [-0.39, 0.29) is 5.54 Å². The van der Waals surface area contributed by atoms with Crippen LogP contribution in [-0.4, -0.2) is 17.5 Å². The summed E-state index contributed by atoms with van der Waals surface area (Å²) in [5.74, 6) is 6.24. The van der Waals surface area contributed by atoms with Gasteiger partial charge in [0.15, 0.2) is 0 Å². The van der Waals surface area contributed by atoms with Crippen LogP contribution in [0.5, 0.6) is 0 Å². The molecule has 0 aromatic carbocycles. The van der Waals surface area contributed by atoms with Crippen molar-refractivity contribution in [3.8, 4) is 0 Å². The van der Waals surface area contributed by atoms with Crippen molar-refractivity contribution in [3.05, 3.63) is 0 Å². The molecule has 16 heavy (non-hydrogen) atoms. The maximum Gasteiger partial charge on any atom is 0.206 e. The van der Waals surface area contributed by atoms with Crippen molar-refractivity contribution in [2.75, 3.05) is 0 Å². The van der Waals surface area contributed by atoms with Crippen LogP contribution >= 0.6 is 0 Å². The zero-order chi connectivity index (χ0) is 12.0. The molecule has 1 aliphatic rings. The molecule has 1 saturated carbocycles. The van der Waals surface area contributed by atoms with Crippen LogP contribution in [0.15, 0.2) is 4.99 Å². The Labute approximate surface area is 99.1 Å². The van der Waals surface area contributed by atoms with Crippen molar-refractivity contribution in [1.82, 2.24) is 10.7 Å². The van der Waals surface area contributed by atoms with Gasteiger partial charge in [-0.1, -0.05) is 26.2 Å². The second-order valence-electron chi connectivity index (χ2n) is 5.28. The Kier molecular flexibility index (Phi) is 5.06. The van der Waals surface area contributed by atoms with Crippen molar-refractivity contribution in [3.63, 3.8) is 0 Å². The molecule has 0 atom stereocenters. The molecule has 4 heteroatoms. The van der Waals surface area contributed by atoms with Gasteiger partial charge in [0, 0.05) is 5.54 Å². The Morgan fingerprint density at radius 1 is 1.31 bits per heavy atom. The highest BCUT2D eigenvalue weighted by atomic mass is 15.3. The van der Waals surface area contributed by atoms with Crippen molar-refractivity contribution in [2.45, 2.75) is 70.9 Å². The molecule has 0 aliphatic heterocycles. The summed E-state index contributed by atoms with van der Waals surface area (Å²) >= 11 is 0. The van der Waals surface area contributed by atoms with E-state index in [1.54, 1.807) is 0 Å². The van der Waals surface area contributed by atoms with E-state index >= 15 is 0 Å². The first-order chi connectivity index (χ1) is 7.57. The Bertz CT molecular complexity index is 229. The first-order valence-corrected chi connectivity index (χ1v) is 6.40. The number of hydrogen-bond donors (Lipinski definition) is 3. The van der Waals surface area contributed by atoms with E-state index in [0.717, 1.165) is 12.4 Å². The molecular formula is C12H26N4. The molecule has 4 N–H and O–H groups in total. The number of hydrogen-bond acceptors (Lipinski definition) is 2. The highest BCUT2D eigenvalue weighted by Crippen LogP contribution is 2.20. The minimum Gasteiger partial charge on any atom is -0.350 e. The van der Waals surface area contributed by atoms with Gasteiger partial charge in [-0.3, -0.25) is 5.43 Å². The van der Waals surface area contributed by atoms with Gasteiger partial charge in [-0.2, -0.15) is 0 Å². The third-order valence-corrected chi connectivity index (χ3v) is 3.36. The van der Waals surface area contributed by atoms with Gasteiger partial charge in [-0.25, -0.2) is 10.8 Å². The first kappa shape index (κ1) is 13.3. The van der Waals surface area contributed by atoms with Crippen molar-refractivity contribution in [1.29, 1.82) is 0 Å². The molecule has 1 aliphatic carbocycles. The molecule has 1 fully saturated rings. The Morgan fingerprint density at radius 2 is 1.94 bits per heavy atom. The summed E-state index contributed by atoms with van der Waals surface area (Å²) in [6.45, 7) is 6.46. The van der Waals surface area contributed by atoms with Crippen LogP contribution in [0.4, 0.5) is 0 Å². The van der Waals surface area contributed by atoms with E-state index in [1.165, 1.54) is 32.1 Å². The van der Waals surface area contributed by atoms with Crippen molar-refractivity contribution in [2.24, 2.45) is 10.8 Å². The molecule has 0 heterocycles. The average Bonchev–Trinajstić information content (AvgIpc) is 2.29. The lowest BCUT2D eigenvalue weighted by Gasteiger charge is -2.27. The fraction of sp³-hybridized carbons (Fsp3) is 0.917. The summed E-state index contributed by atoms with van der Waals surface area (Å²) in [7, 11) is 0. The van der Waals surface area contributed by atoms with Gasteiger partial charge in [0.2, 0.25) is 5.96 Å². The SMILES string of the molecule is CCC(C)(C)NC(=NC1CCCCC1)NN. The van der Waals surface area contributed by atoms with Crippen molar-refractivity contribution >= 4 is 5.96 Å². The smallest absolute Gasteiger partial charge is 0.206 e. The molecule has 0 bridgehead atoms. The topological polar surface area (TPSA) is 62.4 Å². The van der Waals surface area contributed by atoms with Crippen LogP contribution < -0.4 is 16.6 Å². The summed E-state index contributed by atoms with van der Waals surface area (Å²) in [6.07, 6.45) is 7.37. The third-order valence-electron chi connectivity index (χ3n) is 3.36. The van der Waals surface area contributed by atoms with Crippen LogP contribution in [-0.2, 0) is 0 Å². The number of nitrogens with two attached hydrogens (primary N) is 1. The Morgan fingerprint density at radius 3 is 2.44 bits per heavy atom. The number of nitrogens with one attached hydrogen (secondary N) is 2. The summed E-state index contributed by atoms with van der Waals surface area (Å²) in [6, 6.07) is 0.444. The molecule has 0 aromatic rings. The minimum absolute atomic E-state index is 0.0415. The number of guanidine groups is 1. The van der Waals surface area contributed by atoms with Gasteiger partial charge >= 0.3 is 0 Å². The van der Waals surface area contributed by atoms with E-state index in [9.17, 15) is 0 Å². The van der Waals surface area contributed by atoms with E-state index in [0.29, 0.717) is 6.04 Å². The van der Waals surface area contributed by atoms with Gasteiger partial charge in [0.1, 0.15) is 0 Å². The van der Waals surface area contributed by atoms with E-state index in [2.05, 4.69) is 36.5 Å². The van der Waals surface area contributed by atoms with Gasteiger partial charge in [-0.15, -0.1) is 0 Å². The predicted molar refractivity (Wildman–Crippen MR) is 69.1 cm³/mol. The zero-order valence-corrected chi connectivity index (χ0v) is 10.8. The molecule has 0 spiro atoms. The largest absolute Gasteiger partial charge is 0.350 e. The lowest BCUT2D eigenvalue weighted by molar-refractivity contribution is 0.421. The molecular weight excluding hydrogens is 200 g/mol. The molecule has 0 radical (unpaired) electrons. The van der Waals surface area contributed by atoms with Gasteiger partial charge in [0.05, 0.1) is 6.04 Å². The number of nitrogens with zero attached hydrogens (tertiary/aromatic N) is 1. The molecule has 0 unspecified atom stereocenters. The second kappa shape index (κ2) is 6.09. The normalized spacial score (nSPS) is 19.6. The standard InChI is InChI=1S/C12H26N4/c1-4-12(2,3)15-11(16-13)14-10-8-6-5-7-9-10/h10H,4-9,13H2,1-3H3,(H2,14,15,16). The Hall–Kier alpha value is -0.770. The quantitative estimate of drug-likeness (QED) is 0.298. The van der Waals surface area contributed by atoms with E-state index in [1.807, 2.05) is 0 Å². The Balaban J connectivity index is 2.54. The molecule has 0 aromatic heterocycles. The summed E-state index contributed by atoms with van der Waals surface area (Å²) in [5.41, 5.74) is 2.72. The number of hydrazine groups is 1. The van der Waals surface area contributed by atoms with Crippen LogP contribution in [0, 0.1) is 0 Å². The summed E-state index contributed by atoms with van der Waals surface area (Å²) < 4.78 is 0. The van der Waals surface area contributed by atoms with E-state index in [4.69, 9.17) is 5.84 Å². The molecule has 0 saturated heterocycles. The summed E-state index contributed by atoms with van der Waals surface area (Å²) in [5, 5.41) is 3.35. The fourth-order valence-electron chi connectivity index (χ4n) is 1.91. The average molecular weight is 226 g/mol. The number of aliphatic imine (C=N–C) groups is 1. The second-order valence-corrected chi connectivity index (χ2v) is 5.28. The van der Waals surface area contributed by atoms with Gasteiger partial charge in [0.25, 0.3) is 0 Å². The van der Waals surface area contributed by atoms with Gasteiger partial charge < -0.3 is 5.32 Å². The predicted octanol–water partition coefficient (Wildman–Crippen LogP) is 1.92. The fourth-order valence-corrected chi connectivity index (χ4v) is 1.91.